The minimum Gasteiger partial charge on any atom is -0.394 e. The zero-order valence-corrected chi connectivity index (χ0v) is 22.4. The summed E-state index contributed by atoms with van der Waals surface area (Å²) in [5.74, 6) is -0.0566. The van der Waals surface area contributed by atoms with Crippen molar-refractivity contribution in [3.63, 3.8) is 0 Å². The fourth-order valence-corrected chi connectivity index (χ4v) is 3.96. The van der Waals surface area contributed by atoms with Gasteiger partial charge in [-0.3, -0.25) is 4.79 Å². The summed E-state index contributed by atoms with van der Waals surface area (Å²) in [5.41, 5.74) is 0. The van der Waals surface area contributed by atoms with Crippen LogP contribution < -0.4 is 5.32 Å². The van der Waals surface area contributed by atoms with Crippen molar-refractivity contribution in [1.29, 1.82) is 0 Å². The first-order valence-corrected chi connectivity index (χ1v) is 14.2. The van der Waals surface area contributed by atoms with E-state index in [1.165, 1.54) is 44.9 Å². The maximum atomic E-state index is 12.2. The van der Waals surface area contributed by atoms with Gasteiger partial charge in [0.25, 0.3) is 0 Å². The summed E-state index contributed by atoms with van der Waals surface area (Å²) in [7, 11) is 0. The Balaban J connectivity index is 3.67. The smallest absolute Gasteiger partial charge is 0.220 e. The molecule has 3 N–H and O–H groups in total. The molecule has 2 unspecified atom stereocenters. The average molecular weight is 478 g/mol. The Labute approximate surface area is 211 Å². The zero-order chi connectivity index (χ0) is 25.1. The lowest BCUT2D eigenvalue weighted by atomic mass is 10.0. The van der Waals surface area contributed by atoms with Crippen LogP contribution in [0.1, 0.15) is 129 Å². The standard InChI is InChI=1S/C30H55NO3/c1-3-5-7-9-11-12-13-14-15-16-17-18-20-22-24-26-30(34)31-28(27-32)29(33)25-23-21-19-10-8-6-4-2/h5,7,11-12,14-15,28-29,32-33H,3-4,6,8-10,13,16-27H2,1-2H3,(H,31,34)/b7-5-,12-11-,15-14-. The van der Waals surface area contributed by atoms with Gasteiger partial charge in [0.2, 0.25) is 5.91 Å². The van der Waals surface area contributed by atoms with Gasteiger partial charge < -0.3 is 15.5 Å². The van der Waals surface area contributed by atoms with E-state index in [4.69, 9.17) is 0 Å². The van der Waals surface area contributed by atoms with Crippen LogP contribution in [0.25, 0.3) is 0 Å². The molecule has 0 aromatic heterocycles. The topological polar surface area (TPSA) is 69.6 Å². The fraction of sp³-hybridized carbons (Fsp3) is 0.767. The van der Waals surface area contributed by atoms with Gasteiger partial charge in [-0.15, -0.1) is 0 Å². The molecule has 4 nitrogen and oxygen atoms in total. The van der Waals surface area contributed by atoms with Crippen molar-refractivity contribution in [2.24, 2.45) is 0 Å². The summed E-state index contributed by atoms with van der Waals surface area (Å²) >= 11 is 0. The highest BCUT2D eigenvalue weighted by atomic mass is 16.3. The minimum atomic E-state index is -0.661. The molecule has 0 aromatic carbocycles. The van der Waals surface area contributed by atoms with E-state index in [-0.39, 0.29) is 12.5 Å². The number of unbranched alkanes of at least 4 members (excludes halogenated alkanes) is 11. The van der Waals surface area contributed by atoms with E-state index < -0.39 is 12.1 Å². The molecule has 0 aliphatic heterocycles. The highest BCUT2D eigenvalue weighted by Crippen LogP contribution is 2.12. The molecule has 34 heavy (non-hydrogen) atoms. The van der Waals surface area contributed by atoms with Crippen LogP contribution in [0.2, 0.25) is 0 Å². The Morgan fingerprint density at radius 2 is 1.29 bits per heavy atom. The second kappa shape index (κ2) is 26.2. The lowest BCUT2D eigenvalue weighted by Gasteiger charge is -2.22. The molecule has 0 fully saturated rings. The lowest BCUT2D eigenvalue weighted by Crippen LogP contribution is -2.45. The summed E-state index contributed by atoms with van der Waals surface area (Å²) < 4.78 is 0. The number of allylic oxidation sites excluding steroid dienone is 6. The lowest BCUT2D eigenvalue weighted by molar-refractivity contribution is -0.123. The molecule has 2 atom stereocenters. The third-order valence-corrected chi connectivity index (χ3v) is 6.17. The quantitative estimate of drug-likeness (QED) is 0.0992. The first-order chi connectivity index (χ1) is 16.7. The van der Waals surface area contributed by atoms with Crippen LogP contribution in [0, 0.1) is 0 Å². The van der Waals surface area contributed by atoms with Crippen LogP contribution in [-0.4, -0.2) is 34.9 Å². The monoisotopic (exact) mass is 477 g/mol. The zero-order valence-electron chi connectivity index (χ0n) is 22.4. The van der Waals surface area contributed by atoms with E-state index >= 15 is 0 Å². The number of amides is 1. The van der Waals surface area contributed by atoms with Gasteiger partial charge in [0, 0.05) is 6.42 Å². The number of aliphatic hydroxyl groups excluding tert-OH is 2. The fourth-order valence-electron chi connectivity index (χ4n) is 3.96. The SMILES string of the molecule is CC/C=C\C/C=C\C/C=C\CCCCCCCC(=O)NC(CO)C(O)CCCCCCCCC. The molecule has 0 bridgehead atoms. The Kier molecular flexibility index (Phi) is 25.1. The Bertz CT molecular complexity index is 527. The largest absolute Gasteiger partial charge is 0.394 e. The molecule has 0 rings (SSSR count). The van der Waals surface area contributed by atoms with E-state index in [1.54, 1.807) is 0 Å². The van der Waals surface area contributed by atoms with Gasteiger partial charge in [0.1, 0.15) is 0 Å². The summed E-state index contributed by atoms with van der Waals surface area (Å²) in [6.45, 7) is 4.16. The predicted octanol–water partition coefficient (Wildman–Crippen LogP) is 7.55. The number of carbonyl (C=O) groups excluding carboxylic acids is 1. The maximum Gasteiger partial charge on any atom is 0.220 e. The molecule has 0 aromatic rings. The first kappa shape index (κ1) is 32.6. The molecule has 0 heterocycles. The van der Waals surface area contributed by atoms with Crippen molar-refractivity contribution in [2.75, 3.05) is 6.61 Å². The Morgan fingerprint density at radius 3 is 1.94 bits per heavy atom. The van der Waals surface area contributed by atoms with E-state index in [0.29, 0.717) is 12.8 Å². The van der Waals surface area contributed by atoms with Gasteiger partial charge in [-0.05, 0) is 44.9 Å². The summed E-state index contributed by atoms with van der Waals surface area (Å²) in [6, 6.07) is -0.540. The van der Waals surface area contributed by atoms with Crippen molar-refractivity contribution >= 4 is 5.91 Å². The average Bonchev–Trinajstić information content (AvgIpc) is 2.84. The molecule has 0 saturated heterocycles. The highest BCUT2D eigenvalue weighted by molar-refractivity contribution is 5.76. The number of nitrogens with one attached hydrogen (secondary N) is 1. The number of carbonyl (C=O) groups is 1. The van der Waals surface area contributed by atoms with Crippen molar-refractivity contribution in [3.05, 3.63) is 36.5 Å². The molecule has 0 spiro atoms. The number of hydrogen-bond acceptors (Lipinski definition) is 3. The van der Waals surface area contributed by atoms with E-state index in [1.807, 2.05) is 0 Å². The Hall–Kier alpha value is -1.39. The van der Waals surface area contributed by atoms with E-state index in [9.17, 15) is 15.0 Å². The molecule has 198 valence electrons. The minimum absolute atomic E-state index is 0.0566. The maximum absolute atomic E-state index is 12.2. The molecule has 0 radical (unpaired) electrons. The molecule has 0 aliphatic carbocycles. The molecule has 1 amide bonds. The van der Waals surface area contributed by atoms with Crippen LogP contribution in [0.15, 0.2) is 36.5 Å². The van der Waals surface area contributed by atoms with Gasteiger partial charge in [-0.1, -0.05) is 115 Å². The van der Waals surface area contributed by atoms with Crippen LogP contribution in [-0.2, 0) is 4.79 Å². The second-order valence-corrected chi connectivity index (χ2v) is 9.43. The van der Waals surface area contributed by atoms with Gasteiger partial charge in [-0.25, -0.2) is 0 Å². The third kappa shape index (κ3) is 22.4. The highest BCUT2D eigenvalue weighted by Gasteiger charge is 2.19. The predicted molar refractivity (Wildman–Crippen MR) is 147 cm³/mol. The van der Waals surface area contributed by atoms with E-state index in [2.05, 4.69) is 55.6 Å². The number of hydrogen-bond donors (Lipinski definition) is 3. The summed E-state index contributed by atoms with van der Waals surface area (Å²) in [4.78, 5) is 12.2. The first-order valence-electron chi connectivity index (χ1n) is 14.2. The summed E-state index contributed by atoms with van der Waals surface area (Å²) in [5, 5.41) is 22.7. The van der Waals surface area contributed by atoms with Crippen LogP contribution >= 0.6 is 0 Å². The van der Waals surface area contributed by atoms with Crippen molar-refractivity contribution < 1.29 is 15.0 Å². The normalized spacial score (nSPS) is 13.9. The van der Waals surface area contributed by atoms with E-state index in [0.717, 1.165) is 57.8 Å². The van der Waals surface area contributed by atoms with Crippen molar-refractivity contribution in [3.8, 4) is 0 Å². The Morgan fingerprint density at radius 1 is 0.735 bits per heavy atom. The van der Waals surface area contributed by atoms with Crippen LogP contribution in [0.4, 0.5) is 0 Å². The molecular formula is C30H55NO3. The van der Waals surface area contributed by atoms with Crippen LogP contribution in [0.3, 0.4) is 0 Å². The number of rotatable bonds is 24. The summed E-state index contributed by atoms with van der Waals surface area (Å²) in [6.07, 6.45) is 31.9. The molecule has 0 saturated carbocycles. The number of aliphatic hydroxyl groups is 2. The van der Waals surface area contributed by atoms with Crippen molar-refractivity contribution in [1.82, 2.24) is 5.32 Å². The molecule has 4 heteroatoms. The van der Waals surface area contributed by atoms with Gasteiger partial charge in [0.05, 0.1) is 18.8 Å². The van der Waals surface area contributed by atoms with Gasteiger partial charge >= 0.3 is 0 Å². The molecular weight excluding hydrogens is 422 g/mol. The van der Waals surface area contributed by atoms with Crippen molar-refractivity contribution in [2.45, 2.75) is 142 Å². The van der Waals surface area contributed by atoms with Crippen LogP contribution in [0.5, 0.6) is 0 Å². The molecule has 0 aliphatic rings. The third-order valence-electron chi connectivity index (χ3n) is 6.17. The second-order valence-electron chi connectivity index (χ2n) is 9.43. The van der Waals surface area contributed by atoms with Gasteiger partial charge in [-0.2, -0.15) is 0 Å². The van der Waals surface area contributed by atoms with Gasteiger partial charge in [0.15, 0.2) is 0 Å².